The molecule has 0 radical (unpaired) electrons. The zero-order chi connectivity index (χ0) is 16.7. The van der Waals surface area contributed by atoms with Gasteiger partial charge in [0.1, 0.15) is 5.75 Å². The molecule has 23 heavy (non-hydrogen) atoms. The summed E-state index contributed by atoms with van der Waals surface area (Å²) in [5, 5.41) is 6.21. The fourth-order valence-electron chi connectivity index (χ4n) is 1.69. The molecule has 118 valence electrons. The molecule has 2 aromatic rings. The second-order valence-electron chi connectivity index (χ2n) is 4.44. The number of halogens is 1. The highest BCUT2D eigenvalue weighted by Crippen LogP contribution is 2.16. The Kier molecular flexibility index (Phi) is 5.87. The number of carbonyl (C=O) groups excluding carboxylic acids is 2. The lowest BCUT2D eigenvalue weighted by atomic mass is 10.2. The third kappa shape index (κ3) is 5.23. The van der Waals surface area contributed by atoms with Crippen LogP contribution in [0.3, 0.4) is 0 Å². The molecular weight excluding hydrogens is 362 g/mol. The van der Waals surface area contributed by atoms with E-state index < -0.39 is 11.8 Å². The van der Waals surface area contributed by atoms with Gasteiger partial charge < -0.3 is 10.1 Å². The monoisotopic (exact) mass is 375 g/mol. The van der Waals surface area contributed by atoms with Gasteiger partial charge in [-0.3, -0.25) is 9.59 Å². The number of methoxy groups -OCH3 is 1. The topological polar surface area (TPSA) is 79.8 Å². The summed E-state index contributed by atoms with van der Waals surface area (Å²) < 4.78 is 5.93. The molecule has 2 amide bonds. The number of nitrogens with zero attached hydrogens (tertiary/aromatic N) is 1. The molecule has 0 aliphatic carbocycles. The van der Waals surface area contributed by atoms with Crippen molar-refractivity contribution >= 4 is 39.6 Å². The standard InChI is InChI=1S/C16H14BrN3O3/c1-23-14-7-3-6-13(9-14)19-15(21)16(22)20-18-10-11-4-2-5-12(17)8-11/h2-10H,1H3,(H,19,21)(H,20,22)/b18-10-. The minimum Gasteiger partial charge on any atom is -0.497 e. The first-order valence-corrected chi connectivity index (χ1v) is 7.42. The predicted octanol–water partition coefficient (Wildman–Crippen LogP) is 2.55. The van der Waals surface area contributed by atoms with Crippen LogP contribution in [-0.4, -0.2) is 25.1 Å². The minimum atomic E-state index is -0.862. The van der Waals surface area contributed by atoms with E-state index >= 15 is 0 Å². The average Bonchev–Trinajstić information content (AvgIpc) is 2.55. The van der Waals surface area contributed by atoms with Gasteiger partial charge in [-0.05, 0) is 29.8 Å². The summed E-state index contributed by atoms with van der Waals surface area (Å²) in [4.78, 5) is 23.4. The Hall–Kier alpha value is -2.67. The summed E-state index contributed by atoms with van der Waals surface area (Å²) in [6, 6.07) is 14.0. The normalized spacial score (nSPS) is 10.3. The van der Waals surface area contributed by atoms with E-state index in [4.69, 9.17) is 4.74 Å². The van der Waals surface area contributed by atoms with E-state index in [2.05, 4.69) is 31.8 Å². The predicted molar refractivity (Wildman–Crippen MR) is 91.5 cm³/mol. The Morgan fingerprint density at radius 2 is 1.91 bits per heavy atom. The molecule has 6 nitrogen and oxygen atoms in total. The van der Waals surface area contributed by atoms with E-state index in [0.717, 1.165) is 10.0 Å². The highest BCUT2D eigenvalue weighted by atomic mass is 79.9. The quantitative estimate of drug-likeness (QED) is 0.489. The van der Waals surface area contributed by atoms with Crippen LogP contribution in [0.1, 0.15) is 5.56 Å². The van der Waals surface area contributed by atoms with Crippen LogP contribution in [0.4, 0.5) is 5.69 Å². The molecule has 2 rings (SSSR count). The summed E-state index contributed by atoms with van der Waals surface area (Å²) in [6.45, 7) is 0. The SMILES string of the molecule is COc1cccc(NC(=O)C(=O)N/N=C\c2cccc(Br)c2)c1. The first kappa shape index (κ1) is 16.7. The van der Waals surface area contributed by atoms with Crippen molar-refractivity contribution in [1.29, 1.82) is 0 Å². The number of hydrogen-bond donors (Lipinski definition) is 2. The molecule has 2 aromatic carbocycles. The lowest BCUT2D eigenvalue weighted by Crippen LogP contribution is -2.32. The molecular formula is C16H14BrN3O3. The summed E-state index contributed by atoms with van der Waals surface area (Å²) in [5.74, 6) is -1.10. The summed E-state index contributed by atoms with van der Waals surface area (Å²) >= 11 is 3.33. The van der Waals surface area contributed by atoms with E-state index in [-0.39, 0.29) is 0 Å². The largest absolute Gasteiger partial charge is 0.497 e. The molecule has 0 aliphatic rings. The second-order valence-corrected chi connectivity index (χ2v) is 5.36. The Bertz CT molecular complexity index is 747. The molecule has 0 saturated carbocycles. The maximum atomic E-state index is 11.8. The van der Waals surface area contributed by atoms with Crippen molar-refractivity contribution in [2.45, 2.75) is 0 Å². The lowest BCUT2D eigenvalue weighted by Gasteiger charge is -2.05. The Balaban J connectivity index is 1.91. The number of carbonyl (C=O) groups is 2. The van der Waals surface area contributed by atoms with Crippen molar-refractivity contribution < 1.29 is 14.3 Å². The molecule has 0 atom stereocenters. The number of hydrogen-bond acceptors (Lipinski definition) is 4. The highest BCUT2D eigenvalue weighted by Gasteiger charge is 2.12. The molecule has 0 fully saturated rings. The molecule has 7 heteroatoms. The molecule has 0 saturated heterocycles. The molecule has 0 spiro atoms. The van der Waals surface area contributed by atoms with Crippen LogP contribution in [0, 0.1) is 0 Å². The van der Waals surface area contributed by atoms with Crippen LogP contribution in [0.2, 0.25) is 0 Å². The maximum Gasteiger partial charge on any atom is 0.329 e. The van der Waals surface area contributed by atoms with Gasteiger partial charge in [0.2, 0.25) is 0 Å². The van der Waals surface area contributed by atoms with Gasteiger partial charge >= 0.3 is 11.8 Å². The third-order valence-corrected chi connectivity index (χ3v) is 3.26. The third-order valence-electron chi connectivity index (χ3n) is 2.76. The van der Waals surface area contributed by atoms with Crippen molar-refractivity contribution in [1.82, 2.24) is 5.43 Å². The van der Waals surface area contributed by atoms with Gasteiger partial charge in [-0.25, -0.2) is 5.43 Å². The number of ether oxygens (including phenoxy) is 1. The van der Waals surface area contributed by atoms with Crippen LogP contribution in [0.15, 0.2) is 58.1 Å². The Morgan fingerprint density at radius 3 is 2.65 bits per heavy atom. The fourth-order valence-corrected chi connectivity index (χ4v) is 2.11. The van der Waals surface area contributed by atoms with Gasteiger partial charge in [0.15, 0.2) is 0 Å². The van der Waals surface area contributed by atoms with Crippen molar-refractivity contribution in [3.05, 3.63) is 58.6 Å². The van der Waals surface area contributed by atoms with Crippen LogP contribution in [0.5, 0.6) is 5.75 Å². The first-order chi connectivity index (χ1) is 11.1. The van der Waals surface area contributed by atoms with Crippen molar-refractivity contribution in [2.24, 2.45) is 5.10 Å². The fraction of sp³-hybridized carbons (Fsp3) is 0.0625. The maximum absolute atomic E-state index is 11.8. The zero-order valence-corrected chi connectivity index (χ0v) is 13.8. The first-order valence-electron chi connectivity index (χ1n) is 6.62. The van der Waals surface area contributed by atoms with E-state index in [9.17, 15) is 9.59 Å². The number of benzene rings is 2. The van der Waals surface area contributed by atoms with E-state index in [1.54, 1.807) is 24.3 Å². The molecule has 0 unspecified atom stereocenters. The molecule has 0 aliphatic heterocycles. The smallest absolute Gasteiger partial charge is 0.329 e. The number of amides is 2. The van der Waals surface area contributed by atoms with E-state index in [1.165, 1.54) is 13.3 Å². The number of anilines is 1. The Morgan fingerprint density at radius 1 is 1.13 bits per heavy atom. The van der Waals surface area contributed by atoms with Gasteiger partial charge in [0.05, 0.1) is 13.3 Å². The van der Waals surface area contributed by atoms with Gasteiger partial charge in [-0.15, -0.1) is 0 Å². The minimum absolute atomic E-state index is 0.459. The van der Waals surface area contributed by atoms with Crippen LogP contribution in [0.25, 0.3) is 0 Å². The van der Waals surface area contributed by atoms with E-state index in [0.29, 0.717) is 11.4 Å². The van der Waals surface area contributed by atoms with Crippen molar-refractivity contribution in [3.63, 3.8) is 0 Å². The number of hydrazone groups is 1. The molecule has 0 heterocycles. The molecule has 0 aromatic heterocycles. The molecule has 0 bridgehead atoms. The van der Waals surface area contributed by atoms with Crippen molar-refractivity contribution in [3.8, 4) is 5.75 Å². The van der Waals surface area contributed by atoms with Gasteiger partial charge in [0, 0.05) is 16.2 Å². The number of nitrogens with one attached hydrogen (secondary N) is 2. The summed E-state index contributed by atoms with van der Waals surface area (Å²) in [5.41, 5.74) is 3.41. The van der Waals surface area contributed by atoms with Gasteiger partial charge in [0.25, 0.3) is 0 Å². The summed E-state index contributed by atoms with van der Waals surface area (Å²) in [6.07, 6.45) is 1.45. The van der Waals surface area contributed by atoms with Gasteiger partial charge in [-0.1, -0.05) is 34.1 Å². The second kappa shape index (κ2) is 8.09. The van der Waals surface area contributed by atoms with Crippen LogP contribution < -0.4 is 15.5 Å². The van der Waals surface area contributed by atoms with Crippen LogP contribution in [-0.2, 0) is 9.59 Å². The lowest BCUT2D eigenvalue weighted by molar-refractivity contribution is -0.136. The molecule has 2 N–H and O–H groups in total. The van der Waals surface area contributed by atoms with Crippen LogP contribution >= 0.6 is 15.9 Å². The van der Waals surface area contributed by atoms with Crippen molar-refractivity contribution in [2.75, 3.05) is 12.4 Å². The van der Waals surface area contributed by atoms with E-state index in [1.807, 2.05) is 24.3 Å². The number of rotatable bonds is 4. The van der Waals surface area contributed by atoms with Gasteiger partial charge in [-0.2, -0.15) is 5.10 Å². The average molecular weight is 376 g/mol. The highest BCUT2D eigenvalue weighted by molar-refractivity contribution is 9.10. The Labute approximate surface area is 141 Å². The zero-order valence-electron chi connectivity index (χ0n) is 12.2. The summed E-state index contributed by atoms with van der Waals surface area (Å²) in [7, 11) is 1.52.